The van der Waals surface area contributed by atoms with Crippen LogP contribution in [0.5, 0.6) is 0 Å². The molecular formula is C22H26FN7O2. The van der Waals surface area contributed by atoms with Crippen molar-refractivity contribution in [1.82, 2.24) is 19.7 Å². The molecule has 3 aromatic rings. The van der Waals surface area contributed by atoms with E-state index in [1.54, 1.807) is 42.7 Å². The molecule has 2 atom stereocenters. The molecular weight excluding hydrogens is 413 g/mol. The van der Waals surface area contributed by atoms with E-state index >= 15 is 0 Å². The van der Waals surface area contributed by atoms with E-state index in [9.17, 15) is 14.3 Å². The lowest BCUT2D eigenvalue weighted by Crippen LogP contribution is -2.52. The standard InChI is InChI=1S/C22H26FN7O2/c1-12-7-17(23)6-5-16(12)11-30-10-15(9-25-30)8-24-22-26-13(2)18-20(28-22)29(4)19(14(3)31)21(32)27-18/h5-7,9-10,14,19,31H,8,11H2,1-4H3,(H,27,32)(H,24,26,28)/t14-,19-/m0/s1. The van der Waals surface area contributed by atoms with E-state index < -0.39 is 12.1 Å². The summed E-state index contributed by atoms with van der Waals surface area (Å²) in [6.45, 7) is 6.25. The number of anilines is 3. The van der Waals surface area contributed by atoms with Gasteiger partial charge < -0.3 is 20.6 Å². The van der Waals surface area contributed by atoms with Gasteiger partial charge in [0.25, 0.3) is 0 Å². The summed E-state index contributed by atoms with van der Waals surface area (Å²) in [5.74, 6) is 0.428. The number of benzene rings is 1. The lowest BCUT2D eigenvalue weighted by molar-refractivity contribution is -0.119. The summed E-state index contributed by atoms with van der Waals surface area (Å²) in [6, 6.07) is 4.01. The van der Waals surface area contributed by atoms with Crippen LogP contribution in [0.3, 0.4) is 0 Å². The summed E-state index contributed by atoms with van der Waals surface area (Å²) < 4.78 is 15.1. The van der Waals surface area contributed by atoms with Crippen molar-refractivity contribution < 1.29 is 14.3 Å². The largest absolute Gasteiger partial charge is 0.391 e. The van der Waals surface area contributed by atoms with Gasteiger partial charge in [0.15, 0.2) is 5.82 Å². The van der Waals surface area contributed by atoms with E-state index in [4.69, 9.17) is 0 Å². The molecule has 2 aromatic heterocycles. The molecule has 3 heterocycles. The van der Waals surface area contributed by atoms with Crippen LogP contribution in [0.25, 0.3) is 0 Å². The fourth-order valence-electron chi connectivity index (χ4n) is 3.86. The first kappa shape index (κ1) is 21.7. The van der Waals surface area contributed by atoms with E-state index in [-0.39, 0.29) is 11.7 Å². The second kappa shape index (κ2) is 8.54. The molecule has 1 aliphatic heterocycles. The fourth-order valence-corrected chi connectivity index (χ4v) is 3.86. The average molecular weight is 439 g/mol. The molecule has 168 valence electrons. The van der Waals surface area contributed by atoms with Crippen LogP contribution >= 0.6 is 0 Å². The summed E-state index contributed by atoms with van der Waals surface area (Å²) >= 11 is 0. The number of fused-ring (bicyclic) bond motifs is 1. The third-order valence-corrected chi connectivity index (χ3v) is 5.57. The van der Waals surface area contributed by atoms with Gasteiger partial charge in [0, 0.05) is 25.4 Å². The Morgan fingerprint density at radius 1 is 1.31 bits per heavy atom. The maximum Gasteiger partial charge on any atom is 0.249 e. The number of nitrogens with one attached hydrogen (secondary N) is 2. The zero-order valence-electron chi connectivity index (χ0n) is 18.4. The highest BCUT2D eigenvalue weighted by Crippen LogP contribution is 2.33. The number of likely N-dealkylation sites (N-methyl/N-ethyl adjacent to an activating group) is 1. The Balaban J connectivity index is 1.47. The molecule has 0 bridgehead atoms. The number of aliphatic hydroxyl groups is 1. The molecule has 9 nitrogen and oxygen atoms in total. The molecule has 0 radical (unpaired) electrons. The van der Waals surface area contributed by atoms with Gasteiger partial charge in [-0.1, -0.05) is 6.07 Å². The highest BCUT2D eigenvalue weighted by molar-refractivity contribution is 6.03. The van der Waals surface area contributed by atoms with Gasteiger partial charge in [0.05, 0.1) is 24.5 Å². The quantitative estimate of drug-likeness (QED) is 0.541. The summed E-state index contributed by atoms with van der Waals surface area (Å²) in [7, 11) is 1.73. The normalized spacial score (nSPS) is 16.5. The predicted octanol–water partition coefficient (Wildman–Crippen LogP) is 2.23. The zero-order valence-corrected chi connectivity index (χ0v) is 18.4. The predicted molar refractivity (Wildman–Crippen MR) is 119 cm³/mol. The van der Waals surface area contributed by atoms with Gasteiger partial charge in [-0.15, -0.1) is 0 Å². The lowest BCUT2D eigenvalue weighted by atomic mass is 10.1. The Morgan fingerprint density at radius 3 is 2.81 bits per heavy atom. The molecule has 1 aromatic carbocycles. The van der Waals surface area contributed by atoms with Crippen molar-refractivity contribution in [1.29, 1.82) is 0 Å². The van der Waals surface area contributed by atoms with Crippen LogP contribution in [0, 0.1) is 19.7 Å². The smallest absolute Gasteiger partial charge is 0.249 e. The minimum atomic E-state index is -0.851. The van der Waals surface area contributed by atoms with E-state index in [0.29, 0.717) is 36.2 Å². The van der Waals surface area contributed by atoms with Crippen molar-refractivity contribution in [3.8, 4) is 0 Å². The minimum Gasteiger partial charge on any atom is -0.391 e. The molecule has 0 unspecified atom stereocenters. The van der Waals surface area contributed by atoms with Crippen LogP contribution in [0.4, 0.5) is 21.8 Å². The second-order valence-electron chi connectivity index (χ2n) is 8.09. The van der Waals surface area contributed by atoms with Crippen molar-refractivity contribution in [2.45, 2.75) is 46.0 Å². The summed E-state index contributed by atoms with van der Waals surface area (Å²) in [5.41, 5.74) is 3.99. The Hall–Kier alpha value is -3.53. The van der Waals surface area contributed by atoms with E-state index in [2.05, 4.69) is 25.7 Å². The van der Waals surface area contributed by atoms with E-state index in [1.165, 1.54) is 12.1 Å². The number of hydrogen-bond acceptors (Lipinski definition) is 7. The van der Waals surface area contributed by atoms with Gasteiger partial charge in [-0.2, -0.15) is 10.1 Å². The van der Waals surface area contributed by atoms with Crippen molar-refractivity contribution in [2.24, 2.45) is 0 Å². The van der Waals surface area contributed by atoms with Crippen molar-refractivity contribution >= 4 is 23.4 Å². The zero-order chi connectivity index (χ0) is 23.0. The third kappa shape index (κ3) is 4.26. The van der Waals surface area contributed by atoms with Crippen LogP contribution < -0.4 is 15.5 Å². The average Bonchev–Trinajstić information content (AvgIpc) is 3.17. The first-order valence-corrected chi connectivity index (χ1v) is 10.3. The first-order valence-electron chi connectivity index (χ1n) is 10.3. The number of aliphatic hydroxyl groups excluding tert-OH is 1. The maximum absolute atomic E-state index is 13.3. The highest BCUT2D eigenvalue weighted by atomic mass is 19.1. The number of aromatic nitrogens is 4. The monoisotopic (exact) mass is 439 g/mol. The molecule has 32 heavy (non-hydrogen) atoms. The van der Waals surface area contributed by atoms with Crippen LogP contribution in [0.2, 0.25) is 0 Å². The molecule has 4 rings (SSSR count). The molecule has 0 saturated heterocycles. The summed E-state index contributed by atoms with van der Waals surface area (Å²) in [6.07, 6.45) is 2.82. The summed E-state index contributed by atoms with van der Waals surface area (Å²) in [4.78, 5) is 23.0. The Bertz CT molecular complexity index is 1160. The molecule has 1 amide bonds. The van der Waals surface area contributed by atoms with Crippen LogP contribution in [-0.2, 0) is 17.9 Å². The van der Waals surface area contributed by atoms with Crippen LogP contribution in [0.15, 0.2) is 30.6 Å². The van der Waals surface area contributed by atoms with Gasteiger partial charge in [0.1, 0.15) is 17.5 Å². The molecule has 10 heteroatoms. The van der Waals surface area contributed by atoms with Crippen molar-refractivity contribution in [3.05, 3.63) is 58.8 Å². The summed E-state index contributed by atoms with van der Waals surface area (Å²) in [5, 5.41) is 20.4. The van der Waals surface area contributed by atoms with Crippen LogP contribution in [0.1, 0.15) is 29.3 Å². The van der Waals surface area contributed by atoms with E-state index in [1.807, 2.05) is 13.1 Å². The Labute approximate surface area is 185 Å². The number of carbonyl (C=O) groups excluding carboxylic acids is 1. The number of nitrogens with zero attached hydrogens (tertiary/aromatic N) is 5. The molecule has 0 spiro atoms. The molecule has 0 saturated carbocycles. The number of carbonyl (C=O) groups is 1. The number of aryl methyl sites for hydroxylation is 2. The number of rotatable bonds is 6. The molecule has 0 aliphatic carbocycles. The Morgan fingerprint density at radius 2 is 2.09 bits per heavy atom. The SMILES string of the molecule is Cc1cc(F)ccc1Cn1cc(CNc2nc(C)c3c(n2)N(C)[C@@H]([C@H](C)O)C(=O)N3)cn1. The molecule has 1 aliphatic rings. The minimum absolute atomic E-state index is 0.248. The van der Waals surface area contributed by atoms with Gasteiger partial charge in [-0.25, -0.2) is 9.37 Å². The van der Waals surface area contributed by atoms with Crippen molar-refractivity contribution in [2.75, 3.05) is 22.6 Å². The lowest BCUT2D eigenvalue weighted by Gasteiger charge is -2.36. The van der Waals surface area contributed by atoms with Gasteiger partial charge in [0.2, 0.25) is 11.9 Å². The van der Waals surface area contributed by atoms with Crippen LogP contribution in [-0.4, -0.2) is 50.0 Å². The highest BCUT2D eigenvalue weighted by Gasteiger charge is 2.36. The fraction of sp³-hybridized carbons (Fsp3) is 0.364. The number of hydrogen-bond donors (Lipinski definition) is 3. The topological polar surface area (TPSA) is 108 Å². The Kier molecular flexibility index (Phi) is 5.79. The van der Waals surface area contributed by atoms with E-state index in [0.717, 1.165) is 16.7 Å². The number of halogens is 1. The number of amides is 1. The molecule has 0 fully saturated rings. The van der Waals surface area contributed by atoms with Crippen molar-refractivity contribution in [3.63, 3.8) is 0 Å². The van der Waals surface area contributed by atoms with Gasteiger partial charge in [-0.05, 0) is 44.0 Å². The maximum atomic E-state index is 13.3. The molecule has 3 N–H and O–H groups in total. The van der Waals surface area contributed by atoms with Gasteiger partial charge in [-0.3, -0.25) is 9.48 Å². The second-order valence-corrected chi connectivity index (χ2v) is 8.09. The third-order valence-electron chi connectivity index (χ3n) is 5.57. The first-order chi connectivity index (χ1) is 15.2. The van der Waals surface area contributed by atoms with Gasteiger partial charge >= 0.3 is 0 Å².